The van der Waals surface area contributed by atoms with Crippen LogP contribution < -0.4 is 4.72 Å². The second-order valence-corrected chi connectivity index (χ2v) is 9.52. The number of aliphatic imine (C=N–C) groups is 1. The molecule has 2 heterocycles. The van der Waals surface area contributed by atoms with Gasteiger partial charge in [-0.05, 0) is 38.3 Å². The summed E-state index contributed by atoms with van der Waals surface area (Å²) in [4.78, 5) is 32.2. The van der Waals surface area contributed by atoms with Gasteiger partial charge in [-0.15, -0.1) is 0 Å². The minimum absolute atomic E-state index is 0.0867. The Morgan fingerprint density at radius 2 is 1.66 bits per heavy atom. The number of likely N-dealkylation sites (tertiary alicyclic amines) is 1. The molecule has 2 aromatic carbocycles. The number of amidine groups is 1. The highest BCUT2D eigenvalue weighted by atomic mass is 32.2. The minimum Gasteiger partial charge on any atom is -0.446 e. The molecule has 1 amide bonds. The fourth-order valence-corrected chi connectivity index (χ4v) is 5.10. The lowest BCUT2D eigenvalue weighted by atomic mass is 10.1. The van der Waals surface area contributed by atoms with Crippen molar-refractivity contribution in [2.45, 2.75) is 43.2 Å². The Labute approximate surface area is 187 Å². The van der Waals surface area contributed by atoms with Gasteiger partial charge in [0.1, 0.15) is 11.9 Å². The van der Waals surface area contributed by atoms with Gasteiger partial charge in [0.15, 0.2) is 0 Å². The quantitative estimate of drug-likeness (QED) is 0.697. The molecule has 2 aliphatic rings. The molecule has 9 heteroatoms. The first-order valence-corrected chi connectivity index (χ1v) is 12.1. The molecule has 0 aliphatic carbocycles. The van der Waals surface area contributed by atoms with Crippen molar-refractivity contribution >= 4 is 27.7 Å². The summed E-state index contributed by atoms with van der Waals surface area (Å²) in [5, 5.41) is 0. The number of esters is 1. The van der Waals surface area contributed by atoms with Gasteiger partial charge in [0.25, 0.3) is 15.9 Å². The van der Waals surface area contributed by atoms with Gasteiger partial charge < -0.3 is 9.64 Å². The van der Waals surface area contributed by atoms with E-state index < -0.39 is 28.1 Å². The van der Waals surface area contributed by atoms with Crippen LogP contribution in [0.15, 0.2) is 64.5 Å². The molecule has 8 nitrogen and oxygen atoms in total. The van der Waals surface area contributed by atoms with Crippen molar-refractivity contribution in [3.8, 4) is 0 Å². The third kappa shape index (κ3) is 4.52. The molecule has 32 heavy (non-hydrogen) atoms. The first kappa shape index (κ1) is 22.0. The molecular weight excluding hydrogens is 430 g/mol. The normalized spacial score (nSPS) is 20.2. The molecule has 0 radical (unpaired) electrons. The van der Waals surface area contributed by atoms with E-state index in [1.54, 1.807) is 47.4 Å². The molecule has 0 spiro atoms. The average molecular weight is 456 g/mol. The molecule has 1 unspecified atom stereocenters. The van der Waals surface area contributed by atoms with E-state index in [1.807, 2.05) is 6.07 Å². The fourth-order valence-electron chi connectivity index (χ4n) is 3.86. The zero-order valence-corrected chi connectivity index (χ0v) is 18.5. The summed E-state index contributed by atoms with van der Waals surface area (Å²) in [7, 11) is -3.71. The molecule has 0 bridgehead atoms. The summed E-state index contributed by atoms with van der Waals surface area (Å²) in [6, 6.07) is 14.3. The van der Waals surface area contributed by atoms with Crippen molar-refractivity contribution in [1.29, 1.82) is 0 Å². The Hall–Kier alpha value is -3.20. The Morgan fingerprint density at radius 3 is 2.38 bits per heavy atom. The maximum Gasteiger partial charge on any atom is 0.331 e. The predicted molar refractivity (Wildman–Crippen MR) is 118 cm³/mol. The molecule has 4 rings (SSSR count). The number of benzene rings is 2. The summed E-state index contributed by atoms with van der Waals surface area (Å²) < 4.78 is 32.6. The second kappa shape index (κ2) is 9.12. The third-order valence-corrected chi connectivity index (χ3v) is 6.95. The maximum atomic E-state index is 13.2. The molecule has 168 valence electrons. The summed E-state index contributed by atoms with van der Waals surface area (Å²) in [5.41, 5.74) is 0.986. The molecule has 0 aromatic heterocycles. The standard InChI is InChI=1S/C23H25N3O5S/c1-16(24-21-18-12-6-7-13-19(18)32(29,30)25-21)23(28)31-20(17-10-4-2-5-11-17)22(27)26-14-8-3-9-15-26/h2,4-7,10-13,16,20H,3,8-9,14-15H2,1H3,(H,24,25)/t16-,20?/m0/s1. The van der Waals surface area contributed by atoms with E-state index in [0.717, 1.165) is 19.3 Å². The van der Waals surface area contributed by atoms with Crippen molar-refractivity contribution in [1.82, 2.24) is 9.62 Å². The Balaban J connectivity index is 1.56. The van der Waals surface area contributed by atoms with Gasteiger partial charge in [0, 0.05) is 24.2 Å². The molecule has 2 aliphatic heterocycles. The van der Waals surface area contributed by atoms with Gasteiger partial charge in [0.2, 0.25) is 6.10 Å². The van der Waals surface area contributed by atoms with Crippen molar-refractivity contribution in [3.05, 3.63) is 65.7 Å². The van der Waals surface area contributed by atoms with Crippen LogP contribution in [-0.2, 0) is 24.3 Å². The molecule has 1 fully saturated rings. The highest BCUT2D eigenvalue weighted by molar-refractivity contribution is 7.90. The van der Waals surface area contributed by atoms with Crippen LogP contribution in [0.5, 0.6) is 0 Å². The molecule has 1 saturated heterocycles. The highest BCUT2D eigenvalue weighted by Gasteiger charge is 2.34. The van der Waals surface area contributed by atoms with E-state index in [9.17, 15) is 18.0 Å². The van der Waals surface area contributed by atoms with Crippen molar-refractivity contribution in [2.75, 3.05) is 13.1 Å². The number of piperidine rings is 1. The van der Waals surface area contributed by atoms with Gasteiger partial charge >= 0.3 is 5.97 Å². The number of nitrogens with zero attached hydrogens (tertiary/aromatic N) is 2. The van der Waals surface area contributed by atoms with E-state index in [-0.39, 0.29) is 16.6 Å². The number of fused-ring (bicyclic) bond motifs is 1. The van der Waals surface area contributed by atoms with Crippen molar-refractivity contribution in [3.63, 3.8) is 0 Å². The van der Waals surface area contributed by atoms with Gasteiger partial charge in [-0.2, -0.15) is 0 Å². The Kier molecular flexibility index (Phi) is 6.27. The lowest BCUT2D eigenvalue weighted by Gasteiger charge is -2.30. The van der Waals surface area contributed by atoms with E-state index in [4.69, 9.17) is 4.74 Å². The largest absolute Gasteiger partial charge is 0.446 e. The summed E-state index contributed by atoms with van der Waals surface area (Å²) in [6.07, 6.45) is 1.85. The van der Waals surface area contributed by atoms with Crippen LogP contribution in [0.2, 0.25) is 0 Å². The van der Waals surface area contributed by atoms with Crippen LogP contribution in [0.1, 0.15) is 43.4 Å². The maximum absolute atomic E-state index is 13.2. The molecule has 2 atom stereocenters. The fraction of sp³-hybridized carbons (Fsp3) is 0.348. The second-order valence-electron chi connectivity index (χ2n) is 7.87. The molecular formula is C23H25N3O5S. The van der Waals surface area contributed by atoms with Gasteiger partial charge in [-0.25, -0.2) is 13.2 Å². The summed E-state index contributed by atoms with van der Waals surface area (Å²) in [5.74, 6) is -0.875. The monoisotopic (exact) mass is 455 g/mol. The topological polar surface area (TPSA) is 105 Å². The van der Waals surface area contributed by atoms with Crippen LogP contribution in [0.4, 0.5) is 0 Å². The average Bonchev–Trinajstić information content (AvgIpc) is 3.08. The van der Waals surface area contributed by atoms with E-state index in [1.165, 1.54) is 13.0 Å². The van der Waals surface area contributed by atoms with Crippen molar-refractivity contribution in [2.24, 2.45) is 4.99 Å². The lowest BCUT2D eigenvalue weighted by Crippen LogP contribution is -2.41. The molecule has 2 aromatic rings. The first-order chi connectivity index (χ1) is 15.4. The number of carbonyl (C=O) groups excluding carboxylic acids is 2. The van der Waals surface area contributed by atoms with Crippen LogP contribution in [0.3, 0.4) is 0 Å². The number of rotatable bonds is 5. The highest BCUT2D eigenvalue weighted by Crippen LogP contribution is 2.25. The van der Waals surface area contributed by atoms with Gasteiger partial charge in [0.05, 0.1) is 4.90 Å². The van der Waals surface area contributed by atoms with Gasteiger partial charge in [-0.1, -0.05) is 42.5 Å². The van der Waals surface area contributed by atoms with Gasteiger partial charge in [-0.3, -0.25) is 14.5 Å². The Morgan fingerprint density at radius 1 is 1.00 bits per heavy atom. The van der Waals surface area contributed by atoms with Crippen molar-refractivity contribution < 1.29 is 22.7 Å². The smallest absolute Gasteiger partial charge is 0.331 e. The summed E-state index contributed by atoms with van der Waals surface area (Å²) >= 11 is 0. The van der Waals surface area contributed by atoms with E-state index in [2.05, 4.69) is 9.71 Å². The summed E-state index contributed by atoms with van der Waals surface area (Å²) in [6.45, 7) is 2.78. The number of hydrogen-bond acceptors (Lipinski definition) is 6. The SMILES string of the molecule is C[C@H](N=C1NS(=O)(=O)c2ccccc21)C(=O)OC(C(=O)N1CCCCC1)c1ccccc1. The Bertz CT molecular complexity index is 1140. The van der Waals surface area contributed by atoms with Crippen LogP contribution in [0, 0.1) is 0 Å². The van der Waals surface area contributed by atoms with Crippen LogP contribution >= 0.6 is 0 Å². The number of nitrogens with one attached hydrogen (secondary N) is 1. The number of carbonyl (C=O) groups is 2. The number of hydrogen-bond donors (Lipinski definition) is 1. The molecule has 0 saturated carbocycles. The number of amides is 1. The van der Waals surface area contributed by atoms with Crippen LogP contribution in [-0.4, -0.2) is 50.2 Å². The zero-order valence-electron chi connectivity index (χ0n) is 17.7. The van der Waals surface area contributed by atoms with E-state index >= 15 is 0 Å². The minimum atomic E-state index is -3.71. The molecule has 1 N–H and O–H groups in total. The third-order valence-electron chi connectivity index (χ3n) is 5.55. The first-order valence-electron chi connectivity index (χ1n) is 10.6. The number of ether oxygens (including phenoxy) is 1. The van der Waals surface area contributed by atoms with Crippen LogP contribution in [0.25, 0.3) is 0 Å². The number of sulfonamides is 1. The lowest BCUT2D eigenvalue weighted by molar-refractivity contribution is -0.162. The predicted octanol–water partition coefficient (Wildman–Crippen LogP) is 2.41. The van der Waals surface area contributed by atoms with E-state index in [0.29, 0.717) is 24.2 Å². The zero-order chi connectivity index (χ0) is 22.7.